The quantitative estimate of drug-likeness (QED) is 0.112. The van der Waals surface area contributed by atoms with Crippen molar-refractivity contribution in [3.63, 3.8) is 0 Å². The SMILES string of the molecule is CC(O)=C(C#N)C(=O)Nc1ccc(Br)cc1Br.CC(O)=CC(=O)N(C#N)c1ccc(Cl)cc1Cl. The van der Waals surface area contributed by atoms with E-state index < -0.39 is 11.8 Å². The lowest BCUT2D eigenvalue weighted by molar-refractivity contribution is -0.114. The zero-order chi connectivity index (χ0) is 26.0. The highest BCUT2D eigenvalue weighted by molar-refractivity contribution is 9.11. The molecule has 0 fully saturated rings. The van der Waals surface area contributed by atoms with E-state index in [9.17, 15) is 9.59 Å². The van der Waals surface area contributed by atoms with Gasteiger partial charge in [0.25, 0.3) is 11.8 Å². The molecular weight excluding hydrogens is 615 g/mol. The van der Waals surface area contributed by atoms with Crippen molar-refractivity contribution < 1.29 is 19.8 Å². The van der Waals surface area contributed by atoms with Crippen molar-refractivity contribution >= 4 is 78.3 Å². The fraction of sp³-hybridized carbons (Fsp3) is 0.0909. The molecule has 0 aliphatic rings. The number of hydrogen-bond donors (Lipinski definition) is 3. The van der Waals surface area contributed by atoms with Crippen molar-refractivity contribution in [2.45, 2.75) is 13.8 Å². The van der Waals surface area contributed by atoms with Crippen LogP contribution in [0, 0.1) is 22.8 Å². The number of carbonyl (C=O) groups excluding carboxylic acids is 2. The predicted octanol–water partition coefficient (Wildman–Crippen LogP) is 6.77. The highest BCUT2D eigenvalue weighted by Gasteiger charge is 2.17. The van der Waals surface area contributed by atoms with Gasteiger partial charge in [-0.15, -0.1) is 0 Å². The van der Waals surface area contributed by atoms with Gasteiger partial charge in [0.2, 0.25) is 0 Å². The Balaban J connectivity index is 0.000000340. The Kier molecular flexibility index (Phi) is 11.6. The van der Waals surface area contributed by atoms with Crippen molar-refractivity contribution in [3.05, 3.63) is 78.6 Å². The maximum absolute atomic E-state index is 11.6. The van der Waals surface area contributed by atoms with E-state index in [-0.39, 0.29) is 27.8 Å². The van der Waals surface area contributed by atoms with Crippen LogP contribution >= 0.6 is 55.1 Å². The molecule has 34 heavy (non-hydrogen) atoms. The number of nitrogens with zero attached hydrogens (tertiary/aromatic N) is 3. The normalized spacial score (nSPS) is 11.1. The minimum Gasteiger partial charge on any atom is -0.512 e. The molecule has 0 aliphatic carbocycles. The van der Waals surface area contributed by atoms with Crippen LogP contribution in [-0.4, -0.2) is 22.0 Å². The lowest BCUT2D eigenvalue weighted by atomic mass is 10.2. The molecule has 2 aromatic rings. The van der Waals surface area contributed by atoms with Gasteiger partial charge in [-0.05, 0) is 66.2 Å². The van der Waals surface area contributed by atoms with Crippen LogP contribution in [0.25, 0.3) is 0 Å². The highest BCUT2D eigenvalue weighted by Crippen LogP contribution is 2.29. The van der Waals surface area contributed by atoms with Gasteiger partial charge in [-0.25, -0.2) is 4.90 Å². The zero-order valence-electron chi connectivity index (χ0n) is 17.6. The molecule has 176 valence electrons. The summed E-state index contributed by atoms with van der Waals surface area (Å²) in [4.78, 5) is 24.0. The van der Waals surface area contributed by atoms with Crippen LogP contribution in [0.15, 0.2) is 68.5 Å². The van der Waals surface area contributed by atoms with Gasteiger partial charge < -0.3 is 15.5 Å². The number of nitriles is 2. The summed E-state index contributed by atoms with van der Waals surface area (Å²) in [6.45, 7) is 2.62. The number of amides is 2. The summed E-state index contributed by atoms with van der Waals surface area (Å²) in [6.07, 6.45) is 2.61. The Bertz CT molecular complexity index is 1240. The number of anilines is 2. The molecule has 0 radical (unpaired) electrons. The Morgan fingerprint density at radius 1 is 1.09 bits per heavy atom. The molecule has 0 saturated carbocycles. The number of benzene rings is 2. The standard InChI is InChI=1S/C11H8Br2N2O2.C11H8Cl2N2O2/c1-6(16)8(5-14)11(17)15-10-3-2-7(12)4-9(10)13;1-7(16)4-11(17)15(6-14)10-3-2-8(12)5-9(10)13/h2-4,16H,1H3,(H,15,17);2-5,16H,1H3. The number of halogens is 4. The van der Waals surface area contributed by atoms with Crippen LogP contribution in [0.3, 0.4) is 0 Å². The molecule has 0 heterocycles. The largest absolute Gasteiger partial charge is 0.512 e. The average Bonchev–Trinajstić information content (AvgIpc) is 2.72. The first-order chi connectivity index (χ1) is 15.9. The molecule has 12 heteroatoms. The molecule has 2 rings (SSSR count). The highest BCUT2D eigenvalue weighted by atomic mass is 79.9. The van der Waals surface area contributed by atoms with Crippen LogP contribution in [0.5, 0.6) is 0 Å². The molecule has 0 aliphatic heterocycles. The number of hydrogen-bond acceptors (Lipinski definition) is 6. The second-order valence-electron chi connectivity index (χ2n) is 6.31. The van der Waals surface area contributed by atoms with Crippen molar-refractivity contribution in [1.82, 2.24) is 0 Å². The van der Waals surface area contributed by atoms with Crippen LogP contribution in [0.1, 0.15) is 13.8 Å². The van der Waals surface area contributed by atoms with Gasteiger partial charge in [0.05, 0.1) is 22.2 Å². The third-order valence-corrected chi connectivity index (χ3v) is 5.37. The average molecular weight is 631 g/mol. The van der Waals surface area contributed by atoms with Crippen molar-refractivity contribution in [2.24, 2.45) is 0 Å². The summed E-state index contributed by atoms with van der Waals surface area (Å²) in [5.41, 5.74) is 0.424. The first-order valence-corrected chi connectivity index (χ1v) is 11.4. The van der Waals surface area contributed by atoms with Gasteiger partial charge in [0.1, 0.15) is 11.8 Å². The van der Waals surface area contributed by atoms with E-state index >= 15 is 0 Å². The third kappa shape index (κ3) is 8.73. The Morgan fingerprint density at radius 2 is 1.74 bits per heavy atom. The van der Waals surface area contributed by atoms with E-state index in [2.05, 4.69) is 37.2 Å². The summed E-state index contributed by atoms with van der Waals surface area (Å²) in [5, 5.41) is 38.8. The Morgan fingerprint density at radius 3 is 2.21 bits per heavy atom. The molecule has 3 N–H and O–H groups in total. The first-order valence-electron chi connectivity index (χ1n) is 9.03. The van der Waals surface area contributed by atoms with E-state index in [0.29, 0.717) is 15.2 Å². The van der Waals surface area contributed by atoms with Gasteiger partial charge >= 0.3 is 0 Å². The second-order valence-corrected chi connectivity index (χ2v) is 8.92. The number of aliphatic hydroxyl groups excluding tert-OH is 2. The van der Waals surface area contributed by atoms with Crippen LogP contribution in [0.2, 0.25) is 10.0 Å². The molecule has 2 aromatic carbocycles. The van der Waals surface area contributed by atoms with Gasteiger partial charge in [0.15, 0.2) is 11.8 Å². The molecular formula is C22H16Br2Cl2N4O4. The smallest absolute Gasteiger partial charge is 0.269 e. The molecule has 2 amide bonds. The van der Waals surface area contributed by atoms with E-state index in [0.717, 1.165) is 15.4 Å². The minimum atomic E-state index is -0.684. The number of carbonyl (C=O) groups is 2. The number of aliphatic hydroxyl groups is 2. The van der Waals surface area contributed by atoms with Gasteiger partial charge in [-0.1, -0.05) is 39.1 Å². The summed E-state index contributed by atoms with van der Waals surface area (Å²) < 4.78 is 1.53. The van der Waals surface area contributed by atoms with E-state index in [1.54, 1.807) is 30.5 Å². The summed E-state index contributed by atoms with van der Waals surface area (Å²) in [6, 6.07) is 11.2. The zero-order valence-corrected chi connectivity index (χ0v) is 22.3. The van der Waals surface area contributed by atoms with Gasteiger partial charge in [0, 0.05) is 20.0 Å². The molecule has 0 unspecified atom stereocenters. The number of nitrogens with one attached hydrogen (secondary N) is 1. The maximum Gasteiger partial charge on any atom is 0.269 e. The molecule has 0 bridgehead atoms. The van der Waals surface area contributed by atoms with Crippen molar-refractivity contribution in [2.75, 3.05) is 10.2 Å². The lowest BCUT2D eigenvalue weighted by Crippen LogP contribution is -2.24. The summed E-state index contributed by atoms with van der Waals surface area (Å²) in [7, 11) is 0. The van der Waals surface area contributed by atoms with E-state index in [1.165, 1.54) is 32.0 Å². The van der Waals surface area contributed by atoms with Gasteiger partial charge in [-0.3, -0.25) is 9.59 Å². The monoisotopic (exact) mass is 628 g/mol. The predicted molar refractivity (Wildman–Crippen MR) is 137 cm³/mol. The first kappa shape index (κ1) is 29.0. The molecule has 8 nitrogen and oxygen atoms in total. The summed E-state index contributed by atoms with van der Waals surface area (Å²) >= 11 is 18.1. The Labute approximate surface area is 222 Å². The topological polar surface area (TPSA) is 137 Å². The summed E-state index contributed by atoms with van der Waals surface area (Å²) in [5.74, 6) is -1.83. The van der Waals surface area contributed by atoms with Crippen LogP contribution in [-0.2, 0) is 9.59 Å². The van der Waals surface area contributed by atoms with E-state index in [1.807, 2.05) is 0 Å². The molecule has 0 aromatic heterocycles. The molecule has 0 spiro atoms. The van der Waals surface area contributed by atoms with Crippen molar-refractivity contribution in [3.8, 4) is 12.3 Å². The maximum atomic E-state index is 11.6. The third-order valence-electron chi connectivity index (χ3n) is 3.68. The lowest BCUT2D eigenvalue weighted by Gasteiger charge is -2.13. The Hall–Kier alpha value is -3.02. The van der Waals surface area contributed by atoms with Crippen LogP contribution < -0.4 is 10.2 Å². The molecule has 0 atom stereocenters. The number of rotatable bonds is 4. The fourth-order valence-corrected chi connectivity index (χ4v) is 3.84. The van der Waals surface area contributed by atoms with E-state index in [4.69, 9.17) is 43.9 Å². The fourth-order valence-electron chi connectivity index (χ4n) is 2.20. The second kappa shape index (κ2) is 13.6. The van der Waals surface area contributed by atoms with Crippen LogP contribution in [0.4, 0.5) is 11.4 Å². The minimum absolute atomic E-state index is 0.177. The van der Waals surface area contributed by atoms with Crippen molar-refractivity contribution in [1.29, 1.82) is 10.5 Å². The molecule has 0 saturated heterocycles. The van der Waals surface area contributed by atoms with Gasteiger partial charge in [-0.2, -0.15) is 10.5 Å². The number of allylic oxidation sites excluding steroid dienone is 2.